The Morgan fingerprint density at radius 2 is 1.50 bits per heavy atom. The first-order valence-electron chi connectivity index (χ1n) is 9.43. The van der Waals surface area contributed by atoms with Gasteiger partial charge in [-0.3, -0.25) is 4.99 Å². The summed E-state index contributed by atoms with van der Waals surface area (Å²) in [4.78, 5) is 4.25. The Bertz CT molecular complexity index is 844. The van der Waals surface area contributed by atoms with Gasteiger partial charge in [0.05, 0.1) is 0 Å². The van der Waals surface area contributed by atoms with Crippen LogP contribution in [0.3, 0.4) is 0 Å². The number of nitrogens with zero attached hydrogens (tertiary/aromatic N) is 1. The van der Waals surface area contributed by atoms with Gasteiger partial charge in [-0.2, -0.15) is 0 Å². The topological polar surface area (TPSA) is 12.4 Å². The molecule has 4 rings (SSSR count). The quantitative estimate of drug-likeness (QED) is 0.553. The molecule has 0 aliphatic heterocycles. The molecule has 0 unspecified atom stereocenters. The summed E-state index contributed by atoms with van der Waals surface area (Å²) in [6, 6.07) is 18.8. The van der Waals surface area contributed by atoms with Crippen molar-refractivity contribution in [1.29, 1.82) is 0 Å². The Morgan fingerprint density at radius 3 is 2.04 bits per heavy atom. The highest BCUT2D eigenvalue weighted by Crippen LogP contribution is 2.48. The van der Waals surface area contributed by atoms with E-state index in [2.05, 4.69) is 91.7 Å². The fraction of sp³-hybridized carbons (Fsp3) is 0.240. The van der Waals surface area contributed by atoms with Gasteiger partial charge in [0, 0.05) is 18.2 Å². The number of aliphatic imine (C=N–C) groups is 1. The Kier molecular flexibility index (Phi) is 5.68. The van der Waals surface area contributed by atoms with Crippen molar-refractivity contribution in [3.8, 4) is 11.1 Å². The van der Waals surface area contributed by atoms with E-state index in [-0.39, 0.29) is 0 Å². The molecule has 2 aromatic rings. The summed E-state index contributed by atoms with van der Waals surface area (Å²) in [5.41, 5.74) is 6.99. The van der Waals surface area contributed by atoms with E-state index in [0.717, 1.165) is 12.1 Å². The minimum absolute atomic E-state index is 0.375. The Balaban J connectivity index is 0.000000167. The molecule has 0 heterocycles. The predicted molar refractivity (Wildman–Crippen MR) is 114 cm³/mol. The first-order chi connectivity index (χ1) is 12.7. The highest BCUT2D eigenvalue weighted by atomic mass is 14.7. The third kappa shape index (κ3) is 3.77. The number of rotatable bonds is 4. The molecule has 2 aromatic carbocycles. The van der Waals surface area contributed by atoms with Gasteiger partial charge < -0.3 is 0 Å². The van der Waals surface area contributed by atoms with E-state index >= 15 is 0 Å². The standard InChI is InChI=1S/C15H15N.C10H12/c1-2-16-12-13-7-6-10-15(11-13)14-8-4-3-5-9-14;1-3-10(2)8-4-5-9(10)7-6-8/h3-12H,2H2,1H3;4-7H,3H2,1-2H3. The zero-order chi connectivity index (χ0) is 18.4. The molecule has 0 saturated carbocycles. The first-order valence-corrected chi connectivity index (χ1v) is 9.43. The van der Waals surface area contributed by atoms with Crippen LogP contribution in [-0.4, -0.2) is 12.8 Å². The zero-order valence-electron chi connectivity index (χ0n) is 15.9. The molecular weight excluding hydrogens is 314 g/mol. The lowest BCUT2D eigenvalue weighted by Crippen LogP contribution is -2.11. The van der Waals surface area contributed by atoms with Crippen LogP contribution >= 0.6 is 0 Å². The molecule has 0 atom stereocenters. The van der Waals surface area contributed by atoms with Gasteiger partial charge in [-0.15, -0.1) is 0 Å². The second-order valence-corrected chi connectivity index (χ2v) is 6.88. The maximum absolute atomic E-state index is 4.25. The summed E-state index contributed by atoms with van der Waals surface area (Å²) < 4.78 is 0. The molecule has 0 aromatic heterocycles. The van der Waals surface area contributed by atoms with E-state index in [1.54, 1.807) is 0 Å². The molecular formula is C25H27N. The molecule has 0 saturated heterocycles. The van der Waals surface area contributed by atoms with Crippen molar-refractivity contribution in [2.24, 2.45) is 10.4 Å². The summed E-state index contributed by atoms with van der Waals surface area (Å²) in [5.74, 6) is 0. The number of benzene rings is 2. The van der Waals surface area contributed by atoms with Crippen molar-refractivity contribution in [3.63, 3.8) is 0 Å². The van der Waals surface area contributed by atoms with Crippen LogP contribution in [0.5, 0.6) is 0 Å². The number of hydrogen-bond donors (Lipinski definition) is 0. The molecule has 132 valence electrons. The van der Waals surface area contributed by atoms with E-state index in [1.165, 1.54) is 28.7 Å². The van der Waals surface area contributed by atoms with E-state index in [1.807, 2.05) is 19.2 Å². The lowest BCUT2D eigenvalue weighted by molar-refractivity contribution is 0.504. The third-order valence-corrected chi connectivity index (χ3v) is 5.28. The maximum Gasteiger partial charge on any atom is 0.0361 e. The largest absolute Gasteiger partial charge is 0.293 e. The van der Waals surface area contributed by atoms with Crippen LogP contribution < -0.4 is 0 Å². The van der Waals surface area contributed by atoms with Crippen molar-refractivity contribution in [3.05, 3.63) is 95.6 Å². The fourth-order valence-electron chi connectivity index (χ4n) is 3.41. The van der Waals surface area contributed by atoms with Crippen molar-refractivity contribution >= 4 is 6.21 Å². The van der Waals surface area contributed by atoms with Crippen LogP contribution in [0.2, 0.25) is 0 Å². The highest BCUT2D eigenvalue weighted by molar-refractivity contribution is 5.82. The van der Waals surface area contributed by atoms with Crippen LogP contribution in [0, 0.1) is 5.41 Å². The Morgan fingerprint density at radius 1 is 0.846 bits per heavy atom. The van der Waals surface area contributed by atoms with Crippen molar-refractivity contribution in [1.82, 2.24) is 0 Å². The van der Waals surface area contributed by atoms with E-state index < -0.39 is 0 Å². The number of fused-ring (bicyclic) bond motifs is 2. The van der Waals surface area contributed by atoms with Gasteiger partial charge in [0.25, 0.3) is 0 Å². The van der Waals surface area contributed by atoms with Gasteiger partial charge in [-0.25, -0.2) is 0 Å². The second kappa shape index (κ2) is 8.14. The Labute approximate surface area is 157 Å². The highest BCUT2D eigenvalue weighted by Gasteiger charge is 2.35. The zero-order valence-corrected chi connectivity index (χ0v) is 15.9. The van der Waals surface area contributed by atoms with Gasteiger partial charge in [0.15, 0.2) is 0 Å². The molecule has 2 bridgehead atoms. The maximum atomic E-state index is 4.25. The van der Waals surface area contributed by atoms with Crippen LogP contribution in [0.4, 0.5) is 0 Å². The average molecular weight is 341 g/mol. The molecule has 0 radical (unpaired) electrons. The molecule has 2 aliphatic rings. The molecule has 26 heavy (non-hydrogen) atoms. The molecule has 0 N–H and O–H groups in total. The number of allylic oxidation sites excluding steroid dienone is 6. The van der Waals surface area contributed by atoms with E-state index in [4.69, 9.17) is 0 Å². The van der Waals surface area contributed by atoms with E-state index in [0.29, 0.717) is 5.41 Å². The van der Waals surface area contributed by atoms with Gasteiger partial charge in [-0.05, 0) is 47.2 Å². The molecule has 2 aliphatic carbocycles. The van der Waals surface area contributed by atoms with E-state index in [9.17, 15) is 0 Å². The summed E-state index contributed by atoms with van der Waals surface area (Å²) in [5, 5.41) is 0. The summed E-state index contributed by atoms with van der Waals surface area (Å²) in [6.45, 7) is 7.44. The second-order valence-electron chi connectivity index (χ2n) is 6.88. The first kappa shape index (κ1) is 18.1. The minimum atomic E-state index is 0.375. The van der Waals surface area contributed by atoms with Crippen molar-refractivity contribution < 1.29 is 0 Å². The van der Waals surface area contributed by atoms with Crippen molar-refractivity contribution in [2.75, 3.05) is 6.54 Å². The SMILES string of the molecule is CCC1(C)C2=CC=C1C=C2.CCN=Cc1cccc(-c2ccccc2)c1. The third-order valence-electron chi connectivity index (χ3n) is 5.28. The van der Waals surface area contributed by atoms with Crippen LogP contribution in [-0.2, 0) is 0 Å². The molecule has 0 fully saturated rings. The lowest BCUT2D eigenvalue weighted by atomic mass is 9.81. The van der Waals surface area contributed by atoms with Crippen molar-refractivity contribution in [2.45, 2.75) is 27.2 Å². The van der Waals surface area contributed by atoms with Gasteiger partial charge >= 0.3 is 0 Å². The number of hydrogen-bond acceptors (Lipinski definition) is 1. The van der Waals surface area contributed by atoms with Gasteiger partial charge in [0.1, 0.15) is 0 Å². The van der Waals surface area contributed by atoms with Crippen LogP contribution in [0.25, 0.3) is 11.1 Å². The minimum Gasteiger partial charge on any atom is -0.293 e. The summed E-state index contributed by atoms with van der Waals surface area (Å²) >= 11 is 0. The molecule has 0 amide bonds. The van der Waals surface area contributed by atoms with Crippen LogP contribution in [0.15, 0.2) is 95.0 Å². The molecule has 0 spiro atoms. The van der Waals surface area contributed by atoms with Gasteiger partial charge in [0.2, 0.25) is 0 Å². The van der Waals surface area contributed by atoms with Crippen LogP contribution in [0.1, 0.15) is 32.8 Å². The summed E-state index contributed by atoms with van der Waals surface area (Å²) in [7, 11) is 0. The summed E-state index contributed by atoms with van der Waals surface area (Å²) in [6.07, 6.45) is 12.1. The molecule has 1 heteroatoms. The smallest absolute Gasteiger partial charge is 0.0361 e. The predicted octanol–water partition coefficient (Wildman–Crippen LogP) is 6.63. The molecule has 1 nitrogen and oxygen atoms in total. The normalized spacial score (nSPS) is 16.3. The fourth-order valence-corrected chi connectivity index (χ4v) is 3.41. The monoisotopic (exact) mass is 341 g/mol. The average Bonchev–Trinajstić information content (AvgIpc) is 3.20. The lowest BCUT2D eigenvalue weighted by Gasteiger charge is -2.22. The van der Waals surface area contributed by atoms with Gasteiger partial charge in [-0.1, -0.05) is 86.7 Å². The Hall–Kier alpha value is -2.67.